The van der Waals surface area contributed by atoms with E-state index in [1.807, 2.05) is 18.2 Å². The number of ketones is 1. The van der Waals surface area contributed by atoms with Crippen molar-refractivity contribution in [2.24, 2.45) is 33.5 Å². The monoisotopic (exact) mass is 424 g/mol. The molecular formula is C27H36O4. The summed E-state index contributed by atoms with van der Waals surface area (Å²) >= 11 is 0. The molecule has 0 aliphatic heterocycles. The first kappa shape index (κ1) is 21.2. The summed E-state index contributed by atoms with van der Waals surface area (Å²) in [4.78, 5) is 26.1. The van der Waals surface area contributed by atoms with Gasteiger partial charge in [0.15, 0.2) is 0 Å². The molecule has 0 amide bonds. The van der Waals surface area contributed by atoms with Gasteiger partial charge in [-0.25, -0.2) is 4.79 Å². The minimum absolute atomic E-state index is 0.0360. The van der Waals surface area contributed by atoms with E-state index in [1.54, 1.807) is 12.1 Å². The highest BCUT2D eigenvalue weighted by Crippen LogP contribution is 2.75. The van der Waals surface area contributed by atoms with Crippen LogP contribution in [0.1, 0.15) is 82.5 Å². The number of aliphatic hydroxyl groups excluding tert-OH is 1. The van der Waals surface area contributed by atoms with Crippen molar-refractivity contribution >= 4 is 11.8 Å². The first-order valence-electron chi connectivity index (χ1n) is 12.1. The van der Waals surface area contributed by atoms with E-state index in [2.05, 4.69) is 20.8 Å². The van der Waals surface area contributed by atoms with Gasteiger partial charge < -0.3 is 9.84 Å². The van der Waals surface area contributed by atoms with Gasteiger partial charge in [0.1, 0.15) is 11.9 Å². The van der Waals surface area contributed by atoms with Crippen molar-refractivity contribution in [2.75, 3.05) is 6.61 Å². The summed E-state index contributed by atoms with van der Waals surface area (Å²) in [5.41, 5.74) is 0.192. The summed E-state index contributed by atoms with van der Waals surface area (Å²) < 4.78 is 6.26. The van der Waals surface area contributed by atoms with Gasteiger partial charge in [-0.3, -0.25) is 4.79 Å². The topological polar surface area (TPSA) is 63.6 Å². The van der Waals surface area contributed by atoms with E-state index >= 15 is 0 Å². The molecule has 4 heteroatoms. The van der Waals surface area contributed by atoms with Crippen LogP contribution in [-0.2, 0) is 9.53 Å². The molecule has 0 aromatic heterocycles. The molecule has 0 saturated heterocycles. The normalized spacial score (nSPS) is 46.2. The van der Waals surface area contributed by atoms with Crippen molar-refractivity contribution in [1.82, 2.24) is 0 Å². The van der Waals surface area contributed by atoms with Crippen LogP contribution in [0, 0.1) is 33.5 Å². The Labute approximate surface area is 185 Å². The molecule has 7 atom stereocenters. The molecule has 1 N–H and O–H groups in total. The van der Waals surface area contributed by atoms with Crippen molar-refractivity contribution in [3.05, 3.63) is 35.9 Å². The Morgan fingerprint density at radius 1 is 1.10 bits per heavy atom. The number of Topliss-reactive ketones (excluding diaryl/α,β-unsaturated/α-hetero) is 1. The summed E-state index contributed by atoms with van der Waals surface area (Å²) in [5, 5.41) is 10.5. The number of carbonyl (C=O) groups is 2. The number of aliphatic hydroxyl groups is 1. The number of esters is 1. The zero-order valence-electron chi connectivity index (χ0n) is 19.2. The van der Waals surface area contributed by atoms with E-state index in [9.17, 15) is 14.7 Å². The highest BCUT2D eigenvalue weighted by molar-refractivity contribution is 5.89. The van der Waals surface area contributed by atoms with Crippen LogP contribution in [0.25, 0.3) is 0 Å². The quantitative estimate of drug-likeness (QED) is 0.679. The molecule has 2 unspecified atom stereocenters. The highest BCUT2D eigenvalue weighted by Gasteiger charge is 2.72. The summed E-state index contributed by atoms with van der Waals surface area (Å²) in [6.45, 7) is 6.89. The Balaban J connectivity index is 1.57. The second-order valence-electron chi connectivity index (χ2n) is 11.8. The summed E-state index contributed by atoms with van der Waals surface area (Å²) in [5.74, 6) is 0.499. The lowest BCUT2D eigenvalue weighted by molar-refractivity contribution is -0.224. The number of rotatable bonds is 3. The number of carbonyl (C=O) groups excluding carboxylic acids is 2. The summed E-state index contributed by atoms with van der Waals surface area (Å²) in [6.07, 6.45) is 7.28. The van der Waals surface area contributed by atoms with Crippen LogP contribution in [0.3, 0.4) is 0 Å². The largest absolute Gasteiger partial charge is 0.458 e. The van der Waals surface area contributed by atoms with Crippen molar-refractivity contribution in [3.8, 4) is 0 Å². The zero-order chi connectivity index (χ0) is 22.1. The Morgan fingerprint density at radius 3 is 2.55 bits per heavy atom. The molecular weight excluding hydrogens is 388 g/mol. The fraction of sp³-hybridized carbons (Fsp3) is 0.704. The third-order valence-electron chi connectivity index (χ3n) is 10.3. The van der Waals surface area contributed by atoms with Crippen LogP contribution in [0.2, 0.25) is 0 Å². The number of hydrogen-bond acceptors (Lipinski definition) is 4. The number of ether oxygens (including phenoxy) is 1. The molecule has 0 radical (unpaired) electrons. The van der Waals surface area contributed by atoms with Crippen LogP contribution in [0.5, 0.6) is 0 Å². The Morgan fingerprint density at radius 2 is 1.84 bits per heavy atom. The molecule has 5 rings (SSSR count). The molecule has 31 heavy (non-hydrogen) atoms. The maximum atomic E-state index is 13.1. The van der Waals surface area contributed by atoms with Gasteiger partial charge >= 0.3 is 5.97 Å². The SMILES string of the molecule is C[C@@]12CC[C@]3(C1)C(CC2=O)C[C@@H](OC(=O)c1ccccc1)C1[C@](C)(CO)CCC[C@@]13C. The average Bonchev–Trinajstić information content (AvgIpc) is 3.08. The zero-order valence-corrected chi connectivity index (χ0v) is 19.2. The minimum Gasteiger partial charge on any atom is -0.458 e. The maximum absolute atomic E-state index is 13.1. The van der Waals surface area contributed by atoms with Gasteiger partial charge in [-0.05, 0) is 72.8 Å². The maximum Gasteiger partial charge on any atom is 0.338 e. The van der Waals surface area contributed by atoms with Gasteiger partial charge in [0.2, 0.25) is 0 Å². The molecule has 0 heterocycles. The number of benzene rings is 1. The van der Waals surface area contributed by atoms with Gasteiger partial charge in [-0.15, -0.1) is 0 Å². The second kappa shape index (κ2) is 6.91. The van der Waals surface area contributed by atoms with Gasteiger partial charge in [0.25, 0.3) is 0 Å². The van der Waals surface area contributed by atoms with E-state index in [0.717, 1.165) is 44.9 Å². The van der Waals surface area contributed by atoms with Crippen LogP contribution in [0.15, 0.2) is 30.3 Å². The molecule has 4 fully saturated rings. The second-order valence-corrected chi connectivity index (χ2v) is 11.8. The first-order chi connectivity index (χ1) is 14.7. The van der Waals surface area contributed by atoms with E-state index in [0.29, 0.717) is 17.8 Å². The Bertz CT molecular complexity index is 896. The lowest BCUT2D eigenvalue weighted by Crippen LogP contribution is -2.65. The molecule has 4 aliphatic rings. The van der Waals surface area contributed by atoms with Gasteiger partial charge in [-0.1, -0.05) is 45.4 Å². The number of fused-ring (bicyclic) bond motifs is 2. The van der Waals surface area contributed by atoms with Crippen molar-refractivity contribution in [3.63, 3.8) is 0 Å². The first-order valence-corrected chi connectivity index (χ1v) is 12.1. The predicted molar refractivity (Wildman–Crippen MR) is 118 cm³/mol. The van der Waals surface area contributed by atoms with Crippen LogP contribution >= 0.6 is 0 Å². The van der Waals surface area contributed by atoms with Crippen LogP contribution in [0.4, 0.5) is 0 Å². The van der Waals surface area contributed by atoms with Crippen molar-refractivity contribution in [2.45, 2.75) is 78.2 Å². The summed E-state index contributed by atoms with van der Waals surface area (Å²) in [7, 11) is 0. The van der Waals surface area contributed by atoms with E-state index in [1.165, 1.54) is 0 Å². The lowest BCUT2D eigenvalue weighted by atomic mass is 9.37. The van der Waals surface area contributed by atoms with Gasteiger partial charge in [0.05, 0.1) is 5.56 Å². The van der Waals surface area contributed by atoms with Crippen LogP contribution in [-0.4, -0.2) is 29.6 Å². The Kier molecular flexibility index (Phi) is 4.72. The van der Waals surface area contributed by atoms with Gasteiger partial charge in [-0.2, -0.15) is 0 Å². The molecule has 2 bridgehead atoms. The Hall–Kier alpha value is -1.68. The third kappa shape index (κ3) is 2.83. The molecule has 1 spiro atoms. The summed E-state index contributed by atoms with van der Waals surface area (Å²) in [6, 6.07) is 9.20. The predicted octanol–water partition coefficient (Wildman–Crippen LogP) is 5.19. The standard InChI is InChI=1S/C27H36O4/c1-24-12-13-27(16-24)19(15-21(24)29)14-20(31-23(30)18-8-5-4-6-9-18)22-25(2,17-28)10-7-11-26(22,27)3/h4-6,8-9,19-20,22,28H,7,10-17H2,1-3H3/t19?,20-,22?,24-,25+,26+,27+/m1/s1. The fourth-order valence-electron chi connectivity index (χ4n) is 8.73. The van der Waals surface area contributed by atoms with E-state index in [-0.39, 0.29) is 52.2 Å². The fourth-order valence-corrected chi connectivity index (χ4v) is 8.73. The van der Waals surface area contributed by atoms with Crippen molar-refractivity contribution < 1.29 is 19.4 Å². The molecule has 4 saturated carbocycles. The van der Waals surface area contributed by atoms with Crippen molar-refractivity contribution in [1.29, 1.82) is 0 Å². The highest BCUT2D eigenvalue weighted by atomic mass is 16.5. The lowest BCUT2D eigenvalue weighted by Gasteiger charge is -2.67. The number of hydrogen-bond donors (Lipinski definition) is 1. The van der Waals surface area contributed by atoms with Crippen LogP contribution < -0.4 is 0 Å². The van der Waals surface area contributed by atoms with Gasteiger partial charge in [0, 0.05) is 24.4 Å². The minimum atomic E-state index is -0.284. The average molecular weight is 425 g/mol. The molecule has 1 aromatic rings. The van der Waals surface area contributed by atoms with E-state index in [4.69, 9.17) is 4.74 Å². The smallest absolute Gasteiger partial charge is 0.338 e. The molecule has 4 nitrogen and oxygen atoms in total. The molecule has 4 aliphatic carbocycles. The molecule has 1 aromatic carbocycles. The third-order valence-corrected chi connectivity index (χ3v) is 10.3. The molecule has 168 valence electrons. The van der Waals surface area contributed by atoms with E-state index < -0.39 is 0 Å².